The second-order valence-electron chi connectivity index (χ2n) is 37.7. The fourth-order valence-corrected chi connectivity index (χ4v) is 31.3. The SMILES string of the molecule is CC(C)(C)Oc1ccc([S+](c2ccccc2)c2ccccc2)cc1.CC(C)(C)c1ccc([S+](c2ccccc2)c2ccccc2)cc1.Cc1cc(C)cc([S+](c2ccccc2)c2ccccc2)c1.Cc1ccc([S+](c2ccc(C)cc2)c2ccc(C)cc2)cc1.Cc1ccc([S+](c2ccccc2)c2ccccc2)cc1.Oc1ccc([S+](c2ccccc2)c2ccccc2)cc1.c1ccc([S+](c2ccccc2)c2ccccc2)cc1. The van der Waals surface area contributed by atoms with Crippen LogP contribution in [0.4, 0.5) is 0 Å². The van der Waals surface area contributed by atoms with Gasteiger partial charge in [-0.1, -0.05) is 346 Å². The average molecular weight is 2070 g/mol. The first-order valence-electron chi connectivity index (χ1n) is 50.5. The highest BCUT2D eigenvalue weighted by molar-refractivity contribution is 7.99. The molecule has 9 heteroatoms. The first kappa shape index (κ1) is 109. The van der Waals surface area contributed by atoms with Crippen LogP contribution in [0.1, 0.15) is 80.5 Å². The largest absolute Gasteiger partial charge is 0.508 e. The van der Waals surface area contributed by atoms with Crippen LogP contribution in [0.2, 0.25) is 0 Å². The molecule has 0 atom stereocenters. The van der Waals surface area contributed by atoms with Crippen LogP contribution in [0.25, 0.3) is 0 Å². The van der Waals surface area contributed by atoms with Gasteiger partial charge in [-0.15, -0.1) is 0 Å². The lowest BCUT2D eigenvalue weighted by atomic mass is 9.87. The summed E-state index contributed by atoms with van der Waals surface area (Å²) in [6.45, 7) is 25.9. The van der Waals surface area contributed by atoms with Gasteiger partial charge in [0.25, 0.3) is 0 Å². The smallest absolute Gasteiger partial charge is 0.167 e. The Kier molecular flexibility index (Phi) is 40.6. The minimum Gasteiger partial charge on any atom is -0.508 e. The quantitative estimate of drug-likeness (QED) is 0.0685. The van der Waals surface area contributed by atoms with Crippen molar-refractivity contribution in [1.29, 1.82) is 0 Å². The second kappa shape index (κ2) is 55.6. The Balaban J connectivity index is 0.000000130. The van der Waals surface area contributed by atoms with Crippen LogP contribution in [-0.4, -0.2) is 10.7 Å². The van der Waals surface area contributed by atoms with Gasteiger partial charge in [0.2, 0.25) is 0 Å². The van der Waals surface area contributed by atoms with Gasteiger partial charge in [-0.2, -0.15) is 0 Å². The van der Waals surface area contributed by atoms with Crippen molar-refractivity contribution in [2.24, 2.45) is 0 Å². The number of hydrogen-bond acceptors (Lipinski definition) is 2. The van der Waals surface area contributed by atoms with E-state index in [4.69, 9.17) is 4.74 Å². The molecule has 1 N–H and O–H groups in total. The van der Waals surface area contributed by atoms with Crippen molar-refractivity contribution in [3.05, 3.63) is 621 Å². The third kappa shape index (κ3) is 32.6. The number of ether oxygens (including phenoxy) is 1. The molecule has 0 fully saturated rings. The normalized spacial score (nSPS) is 11.0. The fraction of sp³-hybridized carbons (Fsp3) is 0.100. The fourth-order valence-electron chi connectivity index (χ4n) is 16.5. The van der Waals surface area contributed by atoms with Gasteiger partial charge in [0.1, 0.15) is 17.1 Å². The highest BCUT2D eigenvalue weighted by Gasteiger charge is 2.36. The maximum absolute atomic E-state index is 9.48. The van der Waals surface area contributed by atoms with E-state index >= 15 is 0 Å². The number of phenolic OH excluding ortho intramolecular Hbond substituents is 1. The van der Waals surface area contributed by atoms with E-state index in [1.165, 1.54) is 142 Å². The molecule has 21 aromatic carbocycles. The molecule has 0 saturated carbocycles. The summed E-state index contributed by atoms with van der Waals surface area (Å²) in [7, 11) is -0.397. The lowest BCUT2D eigenvalue weighted by molar-refractivity contribution is 0.131. The van der Waals surface area contributed by atoms with Crippen molar-refractivity contribution in [3.63, 3.8) is 0 Å². The van der Waals surface area contributed by atoms with Crippen LogP contribution in [0.5, 0.6) is 11.5 Å². The zero-order valence-electron chi connectivity index (χ0n) is 87.1. The molecule has 0 bridgehead atoms. The van der Waals surface area contributed by atoms with E-state index in [-0.39, 0.29) is 87.3 Å². The Labute approximate surface area is 907 Å². The summed E-state index contributed by atoms with van der Waals surface area (Å²) >= 11 is 0. The van der Waals surface area contributed by atoms with Gasteiger partial charge >= 0.3 is 0 Å². The summed E-state index contributed by atoms with van der Waals surface area (Å²) in [5.41, 5.74) is 9.27. The highest BCUT2D eigenvalue weighted by atomic mass is 32.2. The molecule has 0 aliphatic heterocycles. The summed E-state index contributed by atoms with van der Waals surface area (Å²) in [6, 6.07) is 207. The molecule has 0 aliphatic carbocycles. The van der Waals surface area contributed by atoms with Crippen LogP contribution in [-0.2, 0) is 81.7 Å². The van der Waals surface area contributed by atoms with Crippen LogP contribution < -0.4 is 4.74 Å². The third-order valence-corrected chi connectivity index (χ3v) is 39.3. The molecule has 0 heterocycles. The van der Waals surface area contributed by atoms with Gasteiger partial charge in [-0.05, 0) is 363 Å². The maximum Gasteiger partial charge on any atom is 0.167 e. The topological polar surface area (TPSA) is 29.5 Å². The van der Waals surface area contributed by atoms with Crippen molar-refractivity contribution in [2.75, 3.05) is 0 Å². The molecule has 0 aliphatic rings. The van der Waals surface area contributed by atoms with Crippen LogP contribution in [0, 0.1) is 41.5 Å². The van der Waals surface area contributed by atoms with E-state index in [9.17, 15) is 5.11 Å². The summed E-state index contributed by atoms with van der Waals surface area (Å²) in [5.74, 6) is 1.22. The molecular weight excluding hydrogens is 1940 g/mol. The minimum absolute atomic E-state index is 0.0146. The molecule has 0 spiro atoms. The first-order chi connectivity index (χ1) is 72.6. The molecule has 21 rings (SSSR count). The second-order valence-corrected chi connectivity index (χ2v) is 51.9. The maximum atomic E-state index is 9.48. The zero-order chi connectivity index (χ0) is 104. The molecule has 0 unspecified atom stereocenters. The molecule has 149 heavy (non-hydrogen) atoms. The predicted molar refractivity (Wildman–Crippen MR) is 640 cm³/mol. The van der Waals surface area contributed by atoms with Crippen molar-refractivity contribution >= 4 is 76.3 Å². The Bertz CT molecular complexity index is 6900. The standard InChI is InChI=1S/C22H23OS.C22H23S.C21H21S.C20H19S.C19H17S.C18H14OS.C18H15S/c1-22(2,3)23-18-14-16-21(17-15-18)24(19-10-6-4-7-11-19)20-12-8-5-9-13-20;1-22(2,3)18-14-16-21(17-15-18)23(19-10-6-4-7-11-19)20-12-8-5-9-13-20;1-16-4-10-19(11-5-16)22(20-12-6-17(2)7-13-20)21-14-8-18(3)9-15-21;1-16-13-17(2)15-20(14-16)21(18-9-5-3-6-10-18)19-11-7-4-8-12-19;1-16-12-14-19(15-13-16)20(17-8-4-2-5-9-17)18-10-6-3-7-11-18;19-15-11-13-18(14-12-15)20(16-7-3-1-4-8-16)17-9-5-2-6-10-17;1-4-10-16(11-5-1)19(17-12-6-2-7-13-17)18-14-8-3-9-15-18/h4-17H,1-3H3;4-17H,1-3H3;4-15H,1-3H3;3-15H,1-2H3;2-15H,1H3;1-14H;1-15H/q5*+1;;+1/p+1. The molecule has 21 aromatic rings. The Hall–Kier alpha value is -14.3. The number of benzene rings is 21. The lowest BCUT2D eigenvalue weighted by Gasteiger charge is -2.21. The monoisotopic (exact) mass is 2070 g/mol. The van der Waals surface area contributed by atoms with E-state index in [0.29, 0.717) is 5.75 Å². The molecule has 740 valence electrons. The Morgan fingerprint density at radius 1 is 0.148 bits per heavy atom. The molecule has 0 radical (unpaired) electrons. The highest BCUT2D eigenvalue weighted by Crippen LogP contribution is 2.41. The summed E-state index contributed by atoms with van der Waals surface area (Å²) in [6.07, 6.45) is 0. The number of phenols is 1. The van der Waals surface area contributed by atoms with Crippen LogP contribution in [0.15, 0.2) is 685 Å². The summed E-state index contributed by atoms with van der Waals surface area (Å²) in [4.78, 5) is 28.3. The minimum atomic E-state index is -0.179. The zero-order valence-corrected chi connectivity index (χ0v) is 92.9. The van der Waals surface area contributed by atoms with E-state index in [0.717, 1.165) is 5.75 Å². The number of aryl methyl sites for hydroxylation is 6. The van der Waals surface area contributed by atoms with E-state index in [2.05, 4.69) is 629 Å². The Morgan fingerprint density at radius 3 is 0.450 bits per heavy atom. The van der Waals surface area contributed by atoms with Crippen molar-refractivity contribution in [1.82, 2.24) is 0 Å². The van der Waals surface area contributed by atoms with E-state index in [1.54, 1.807) is 12.1 Å². The average Bonchev–Trinajstić information content (AvgIpc) is 0.726. The van der Waals surface area contributed by atoms with Crippen molar-refractivity contribution in [2.45, 2.75) is 197 Å². The van der Waals surface area contributed by atoms with Crippen molar-refractivity contribution in [3.8, 4) is 11.5 Å². The lowest BCUT2D eigenvalue weighted by Crippen LogP contribution is -2.22. The van der Waals surface area contributed by atoms with Gasteiger partial charge in [-0.3, -0.25) is 0 Å². The Morgan fingerprint density at radius 2 is 0.289 bits per heavy atom. The molecule has 2 nitrogen and oxygen atoms in total. The van der Waals surface area contributed by atoms with Gasteiger partial charge in [0.05, 0.1) is 76.3 Å². The van der Waals surface area contributed by atoms with Crippen LogP contribution in [0.3, 0.4) is 0 Å². The van der Waals surface area contributed by atoms with Crippen LogP contribution >= 0.6 is 0 Å². The summed E-state index contributed by atoms with van der Waals surface area (Å²) in [5, 5.41) is 9.48. The van der Waals surface area contributed by atoms with Gasteiger partial charge in [0, 0.05) is 0 Å². The van der Waals surface area contributed by atoms with E-state index in [1.807, 2.05) is 24.3 Å². The van der Waals surface area contributed by atoms with E-state index < -0.39 is 0 Å². The number of hydrogen-bond donors (Lipinski definition) is 1. The first-order valence-corrected chi connectivity index (χ1v) is 59.1. The van der Waals surface area contributed by atoms with Crippen molar-refractivity contribution < 1.29 is 9.84 Å². The molecule has 0 aromatic heterocycles. The molecule has 0 amide bonds. The number of rotatable bonds is 22. The predicted octanol–water partition coefficient (Wildman–Crippen LogP) is 37.5. The molecular formula is C140H133O2S7+7. The molecule has 0 saturated heterocycles. The van der Waals surface area contributed by atoms with Gasteiger partial charge in [0.15, 0.2) is 103 Å². The number of aromatic hydroxyl groups is 1. The summed E-state index contributed by atoms with van der Waals surface area (Å²) < 4.78 is 5.95. The van der Waals surface area contributed by atoms with Gasteiger partial charge in [-0.25, -0.2) is 0 Å². The van der Waals surface area contributed by atoms with Gasteiger partial charge < -0.3 is 9.84 Å². The third-order valence-electron chi connectivity index (χ3n) is 23.7.